The van der Waals surface area contributed by atoms with Crippen LogP contribution in [0.25, 0.3) is 0 Å². The van der Waals surface area contributed by atoms with Crippen LogP contribution in [0.1, 0.15) is 19.8 Å². The van der Waals surface area contributed by atoms with Gasteiger partial charge in [0.2, 0.25) is 5.91 Å². The summed E-state index contributed by atoms with van der Waals surface area (Å²) in [6, 6.07) is 4.10. The minimum atomic E-state index is -0.493. The van der Waals surface area contributed by atoms with E-state index in [1.165, 1.54) is 18.2 Å². The van der Waals surface area contributed by atoms with Crippen molar-refractivity contribution in [3.05, 3.63) is 24.0 Å². The quantitative estimate of drug-likeness (QED) is 0.531. The Morgan fingerprint density at radius 2 is 2.32 bits per heavy atom. The zero-order chi connectivity index (χ0) is 14.3. The predicted octanol–water partition coefficient (Wildman–Crippen LogP) is 2.24. The predicted molar refractivity (Wildman–Crippen MR) is 77.7 cm³/mol. The number of amides is 1. The first-order valence-electron chi connectivity index (χ1n) is 6.10. The van der Waals surface area contributed by atoms with E-state index in [0.29, 0.717) is 12.1 Å². The molecule has 6 heteroatoms. The Hall–Kier alpha value is -1.27. The van der Waals surface area contributed by atoms with E-state index in [4.69, 9.17) is 10.8 Å². The van der Waals surface area contributed by atoms with Crippen molar-refractivity contribution in [2.45, 2.75) is 25.0 Å². The van der Waals surface area contributed by atoms with Crippen LogP contribution in [0, 0.1) is 5.82 Å². The van der Waals surface area contributed by atoms with Crippen molar-refractivity contribution in [3.63, 3.8) is 0 Å². The first-order valence-corrected chi connectivity index (χ1v) is 7.15. The summed E-state index contributed by atoms with van der Waals surface area (Å²) in [5, 5.41) is 11.7. The van der Waals surface area contributed by atoms with Gasteiger partial charge in [-0.2, -0.15) is 11.8 Å². The monoisotopic (exact) mass is 286 g/mol. The van der Waals surface area contributed by atoms with E-state index in [0.717, 1.165) is 12.2 Å². The molecular formula is C13H19FN2O2S. The molecule has 0 aromatic heterocycles. The molecule has 0 bridgehead atoms. The fourth-order valence-corrected chi connectivity index (χ4v) is 2.23. The second-order valence-electron chi connectivity index (χ2n) is 4.25. The number of carbonyl (C=O) groups is 1. The highest BCUT2D eigenvalue weighted by molar-refractivity contribution is 7.99. The smallest absolute Gasteiger partial charge is 0.224 e. The number of rotatable bonds is 7. The Bertz CT molecular complexity index is 429. The molecule has 0 saturated carbocycles. The molecule has 1 aromatic rings. The fraction of sp³-hybridized carbons (Fsp3) is 0.462. The van der Waals surface area contributed by atoms with Gasteiger partial charge in [-0.05, 0) is 30.4 Å². The minimum absolute atomic E-state index is 0.0186. The minimum Gasteiger partial charge on any atom is -0.396 e. The highest BCUT2D eigenvalue weighted by atomic mass is 32.2. The van der Waals surface area contributed by atoms with Crippen molar-refractivity contribution in [1.82, 2.24) is 0 Å². The van der Waals surface area contributed by atoms with Crippen LogP contribution in [0.2, 0.25) is 0 Å². The molecule has 19 heavy (non-hydrogen) atoms. The fourth-order valence-electron chi connectivity index (χ4n) is 1.41. The van der Waals surface area contributed by atoms with Gasteiger partial charge in [-0.25, -0.2) is 4.39 Å². The Morgan fingerprint density at radius 1 is 1.58 bits per heavy atom. The van der Waals surface area contributed by atoms with Crippen molar-refractivity contribution in [1.29, 1.82) is 0 Å². The number of carbonyl (C=O) groups excluding carboxylic acids is 1. The molecule has 0 radical (unpaired) electrons. The molecule has 1 atom stereocenters. The topological polar surface area (TPSA) is 75.3 Å². The van der Waals surface area contributed by atoms with E-state index in [2.05, 4.69) is 5.32 Å². The molecule has 4 N–H and O–H groups in total. The average molecular weight is 286 g/mol. The van der Waals surface area contributed by atoms with Gasteiger partial charge in [-0.1, -0.05) is 6.92 Å². The lowest BCUT2D eigenvalue weighted by molar-refractivity contribution is -0.116. The zero-order valence-electron chi connectivity index (χ0n) is 10.9. The van der Waals surface area contributed by atoms with Crippen LogP contribution >= 0.6 is 11.8 Å². The molecule has 0 heterocycles. The summed E-state index contributed by atoms with van der Waals surface area (Å²) in [4.78, 5) is 11.6. The van der Waals surface area contributed by atoms with Crippen molar-refractivity contribution >= 4 is 29.0 Å². The summed E-state index contributed by atoms with van der Waals surface area (Å²) in [5.41, 5.74) is 5.93. The lowest BCUT2D eigenvalue weighted by Gasteiger charge is -2.08. The zero-order valence-corrected chi connectivity index (χ0v) is 11.7. The van der Waals surface area contributed by atoms with Crippen LogP contribution in [0.3, 0.4) is 0 Å². The molecule has 1 unspecified atom stereocenters. The summed E-state index contributed by atoms with van der Waals surface area (Å²) in [6.45, 7) is 2.08. The largest absolute Gasteiger partial charge is 0.396 e. The molecule has 1 aromatic carbocycles. The van der Waals surface area contributed by atoms with Gasteiger partial charge < -0.3 is 16.2 Å². The standard InChI is InChI=1S/C13H19FN2O2S/c1-9(8-17)19-6-2-3-13(18)16-10-4-5-11(14)12(15)7-10/h4-5,7,9,17H,2-3,6,8,15H2,1H3,(H,16,18). The number of halogens is 1. The van der Waals surface area contributed by atoms with Crippen molar-refractivity contribution in [3.8, 4) is 0 Å². The van der Waals surface area contributed by atoms with E-state index in [9.17, 15) is 9.18 Å². The van der Waals surface area contributed by atoms with Crippen LogP contribution in [0.5, 0.6) is 0 Å². The number of anilines is 2. The number of hydrogen-bond acceptors (Lipinski definition) is 4. The van der Waals surface area contributed by atoms with Gasteiger partial charge in [0.05, 0.1) is 12.3 Å². The van der Waals surface area contributed by atoms with E-state index in [1.54, 1.807) is 11.8 Å². The summed E-state index contributed by atoms with van der Waals surface area (Å²) >= 11 is 1.63. The molecule has 0 aliphatic carbocycles. The van der Waals surface area contributed by atoms with E-state index in [1.807, 2.05) is 6.92 Å². The number of nitrogen functional groups attached to an aromatic ring is 1. The molecule has 0 aliphatic rings. The third kappa shape index (κ3) is 5.94. The lowest BCUT2D eigenvalue weighted by atomic mass is 10.2. The number of thioether (sulfide) groups is 1. The van der Waals surface area contributed by atoms with Crippen molar-refractivity contribution < 1.29 is 14.3 Å². The van der Waals surface area contributed by atoms with Crippen molar-refractivity contribution in [2.75, 3.05) is 23.4 Å². The maximum Gasteiger partial charge on any atom is 0.224 e. The summed E-state index contributed by atoms with van der Waals surface area (Å²) in [6.07, 6.45) is 1.12. The Labute approximate surface area is 116 Å². The SMILES string of the molecule is CC(CO)SCCCC(=O)Nc1ccc(F)c(N)c1. The Kier molecular flexibility index (Phi) is 6.66. The molecular weight excluding hydrogens is 267 g/mol. The first-order chi connectivity index (χ1) is 9.02. The van der Waals surface area contributed by atoms with Gasteiger partial charge in [-0.3, -0.25) is 4.79 Å². The van der Waals surface area contributed by atoms with E-state index in [-0.39, 0.29) is 23.5 Å². The summed E-state index contributed by atoms with van der Waals surface area (Å²) < 4.78 is 12.9. The van der Waals surface area contributed by atoms with Crippen LogP contribution < -0.4 is 11.1 Å². The summed E-state index contributed by atoms with van der Waals surface area (Å²) in [7, 11) is 0. The van der Waals surface area contributed by atoms with Crippen LogP contribution in [-0.2, 0) is 4.79 Å². The van der Waals surface area contributed by atoms with Gasteiger partial charge in [0.25, 0.3) is 0 Å². The van der Waals surface area contributed by atoms with Crippen molar-refractivity contribution in [2.24, 2.45) is 0 Å². The van der Waals surface area contributed by atoms with Gasteiger partial charge in [0, 0.05) is 17.4 Å². The highest BCUT2D eigenvalue weighted by Crippen LogP contribution is 2.17. The average Bonchev–Trinajstić information content (AvgIpc) is 2.38. The molecule has 0 aliphatic heterocycles. The summed E-state index contributed by atoms with van der Waals surface area (Å²) in [5.74, 6) is 0.205. The maximum atomic E-state index is 12.9. The number of nitrogens with two attached hydrogens (primary N) is 1. The lowest BCUT2D eigenvalue weighted by Crippen LogP contribution is -2.12. The molecule has 1 rings (SSSR count). The third-order valence-corrected chi connectivity index (χ3v) is 3.73. The maximum absolute atomic E-state index is 12.9. The van der Waals surface area contributed by atoms with Gasteiger partial charge >= 0.3 is 0 Å². The van der Waals surface area contributed by atoms with Gasteiger partial charge in [0.1, 0.15) is 5.82 Å². The Morgan fingerprint density at radius 3 is 2.95 bits per heavy atom. The van der Waals surface area contributed by atoms with E-state index < -0.39 is 5.82 Å². The number of aliphatic hydroxyl groups is 1. The number of aliphatic hydroxyl groups excluding tert-OH is 1. The van der Waals surface area contributed by atoms with Gasteiger partial charge in [-0.15, -0.1) is 0 Å². The number of benzene rings is 1. The second-order valence-corrected chi connectivity index (χ2v) is 5.80. The number of hydrogen-bond donors (Lipinski definition) is 3. The Balaban J connectivity index is 2.29. The molecule has 106 valence electrons. The van der Waals surface area contributed by atoms with Crippen LogP contribution in [0.4, 0.5) is 15.8 Å². The van der Waals surface area contributed by atoms with Crippen LogP contribution in [-0.4, -0.2) is 28.6 Å². The second kappa shape index (κ2) is 8.01. The third-order valence-electron chi connectivity index (χ3n) is 2.49. The first kappa shape index (κ1) is 15.8. The molecule has 4 nitrogen and oxygen atoms in total. The molecule has 0 saturated heterocycles. The molecule has 0 spiro atoms. The van der Waals surface area contributed by atoms with Crippen LogP contribution in [0.15, 0.2) is 18.2 Å². The molecule has 0 fully saturated rings. The number of nitrogens with one attached hydrogen (secondary N) is 1. The normalized spacial score (nSPS) is 12.2. The molecule has 1 amide bonds. The van der Waals surface area contributed by atoms with E-state index >= 15 is 0 Å². The van der Waals surface area contributed by atoms with Gasteiger partial charge in [0.15, 0.2) is 0 Å². The highest BCUT2D eigenvalue weighted by Gasteiger charge is 2.06.